The van der Waals surface area contributed by atoms with E-state index >= 15 is 0 Å². The Labute approximate surface area is 141 Å². The van der Waals surface area contributed by atoms with Gasteiger partial charge in [-0.2, -0.15) is 4.98 Å². The highest BCUT2D eigenvalue weighted by Gasteiger charge is 2.34. The number of hydrogen-bond acceptors (Lipinski definition) is 6. The molecule has 0 radical (unpaired) electrons. The first-order valence-corrected chi connectivity index (χ1v) is 10.1. The molecular formula is C17H21N3O3S. The second-order valence-electron chi connectivity index (χ2n) is 6.59. The van der Waals surface area contributed by atoms with Crippen molar-refractivity contribution in [3.8, 4) is 0 Å². The second-order valence-corrected chi connectivity index (χ2v) is 8.70. The molecule has 7 heteroatoms. The highest BCUT2D eigenvalue weighted by molar-refractivity contribution is 7.91. The van der Waals surface area contributed by atoms with Crippen molar-refractivity contribution in [2.45, 2.75) is 42.5 Å². The van der Waals surface area contributed by atoms with Crippen LogP contribution < -0.4 is 0 Å². The van der Waals surface area contributed by atoms with E-state index in [2.05, 4.69) is 15.0 Å². The highest BCUT2D eigenvalue weighted by Crippen LogP contribution is 2.40. The lowest BCUT2D eigenvalue weighted by Gasteiger charge is -2.21. The SMILES string of the molecule is O=S(=O)(CCN1CCCC1c1noc(C2CC2)n1)c1ccccc1. The minimum Gasteiger partial charge on any atom is -0.339 e. The maximum absolute atomic E-state index is 12.5. The largest absolute Gasteiger partial charge is 0.339 e. The third kappa shape index (κ3) is 3.23. The summed E-state index contributed by atoms with van der Waals surface area (Å²) >= 11 is 0. The molecule has 0 spiro atoms. The van der Waals surface area contributed by atoms with E-state index in [9.17, 15) is 8.42 Å². The molecule has 6 nitrogen and oxygen atoms in total. The molecule has 0 N–H and O–H groups in total. The van der Waals surface area contributed by atoms with Crippen LogP contribution in [0.2, 0.25) is 0 Å². The van der Waals surface area contributed by atoms with Crippen molar-refractivity contribution in [3.05, 3.63) is 42.0 Å². The van der Waals surface area contributed by atoms with Gasteiger partial charge in [0.2, 0.25) is 5.89 Å². The molecule has 1 aromatic heterocycles. The molecule has 1 aliphatic carbocycles. The van der Waals surface area contributed by atoms with Gasteiger partial charge in [0, 0.05) is 12.5 Å². The molecular weight excluding hydrogens is 326 g/mol. The molecule has 24 heavy (non-hydrogen) atoms. The summed E-state index contributed by atoms with van der Waals surface area (Å²) < 4.78 is 30.3. The molecule has 1 aliphatic heterocycles. The fraction of sp³-hybridized carbons (Fsp3) is 0.529. The van der Waals surface area contributed by atoms with Gasteiger partial charge in [-0.25, -0.2) is 8.42 Å². The molecule has 2 fully saturated rings. The summed E-state index contributed by atoms with van der Waals surface area (Å²) in [5.74, 6) is 2.01. The number of benzene rings is 1. The van der Waals surface area contributed by atoms with Crippen LogP contribution >= 0.6 is 0 Å². The Kier molecular flexibility index (Phi) is 4.14. The average Bonchev–Trinajstić information content (AvgIpc) is 3.14. The van der Waals surface area contributed by atoms with Crippen molar-refractivity contribution in [2.24, 2.45) is 0 Å². The lowest BCUT2D eigenvalue weighted by molar-refractivity contribution is 0.255. The van der Waals surface area contributed by atoms with Gasteiger partial charge in [-0.3, -0.25) is 4.90 Å². The van der Waals surface area contributed by atoms with E-state index in [1.807, 2.05) is 6.07 Å². The summed E-state index contributed by atoms with van der Waals surface area (Å²) in [6.45, 7) is 1.37. The van der Waals surface area contributed by atoms with Gasteiger partial charge < -0.3 is 4.52 Å². The first kappa shape index (κ1) is 15.8. The topological polar surface area (TPSA) is 76.3 Å². The summed E-state index contributed by atoms with van der Waals surface area (Å²) in [6, 6.07) is 8.71. The molecule has 2 aromatic rings. The van der Waals surface area contributed by atoms with Crippen LogP contribution in [0.4, 0.5) is 0 Å². The molecule has 1 saturated carbocycles. The minimum atomic E-state index is -3.26. The number of hydrogen-bond donors (Lipinski definition) is 0. The number of aromatic nitrogens is 2. The zero-order chi connectivity index (χ0) is 16.6. The fourth-order valence-corrected chi connectivity index (χ4v) is 4.53. The van der Waals surface area contributed by atoms with E-state index in [0.29, 0.717) is 23.2 Å². The van der Waals surface area contributed by atoms with Gasteiger partial charge in [0.1, 0.15) is 0 Å². The molecule has 2 aliphatic rings. The van der Waals surface area contributed by atoms with E-state index < -0.39 is 9.84 Å². The summed E-state index contributed by atoms with van der Waals surface area (Å²) in [6.07, 6.45) is 4.25. The van der Waals surface area contributed by atoms with Crippen molar-refractivity contribution >= 4 is 9.84 Å². The molecule has 0 bridgehead atoms. The van der Waals surface area contributed by atoms with Crippen molar-refractivity contribution in [1.29, 1.82) is 0 Å². The van der Waals surface area contributed by atoms with Crippen molar-refractivity contribution in [3.63, 3.8) is 0 Å². The zero-order valence-corrected chi connectivity index (χ0v) is 14.3. The Hall–Kier alpha value is -1.73. The summed E-state index contributed by atoms with van der Waals surface area (Å²) in [7, 11) is -3.26. The molecule has 1 saturated heterocycles. The van der Waals surface area contributed by atoms with Crippen molar-refractivity contribution in [1.82, 2.24) is 15.0 Å². The number of sulfone groups is 1. The normalized spacial score (nSPS) is 22.1. The fourth-order valence-electron chi connectivity index (χ4n) is 3.25. The monoisotopic (exact) mass is 347 g/mol. The molecule has 4 rings (SSSR count). The van der Waals surface area contributed by atoms with Crippen LogP contribution in [-0.2, 0) is 9.84 Å². The lowest BCUT2D eigenvalue weighted by atomic mass is 10.2. The predicted molar refractivity (Wildman–Crippen MR) is 88.3 cm³/mol. The van der Waals surface area contributed by atoms with Gasteiger partial charge in [0.15, 0.2) is 15.7 Å². The first-order chi connectivity index (χ1) is 11.6. The van der Waals surface area contributed by atoms with E-state index in [0.717, 1.165) is 38.1 Å². The summed E-state index contributed by atoms with van der Waals surface area (Å²) in [4.78, 5) is 7.09. The smallest absolute Gasteiger partial charge is 0.229 e. The van der Waals surface area contributed by atoms with Gasteiger partial charge >= 0.3 is 0 Å². The Morgan fingerprint density at radius 1 is 1.17 bits per heavy atom. The average molecular weight is 347 g/mol. The quantitative estimate of drug-likeness (QED) is 0.799. The van der Waals surface area contributed by atoms with E-state index in [-0.39, 0.29) is 11.8 Å². The third-order valence-electron chi connectivity index (χ3n) is 4.80. The summed E-state index contributed by atoms with van der Waals surface area (Å²) in [5, 5.41) is 4.14. The van der Waals surface area contributed by atoms with E-state index in [1.165, 1.54) is 0 Å². The lowest BCUT2D eigenvalue weighted by Crippen LogP contribution is -2.29. The van der Waals surface area contributed by atoms with Crippen LogP contribution in [0, 0.1) is 0 Å². The van der Waals surface area contributed by atoms with Gasteiger partial charge in [-0.15, -0.1) is 0 Å². The Balaban J connectivity index is 1.43. The molecule has 128 valence electrons. The van der Waals surface area contributed by atoms with Crippen LogP contribution in [-0.4, -0.2) is 42.3 Å². The number of rotatable bonds is 6. The van der Waals surface area contributed by atoms with Gasteiger partial charge in [-0.05, 0) is 44.4 Å². The van der Waals surface area contributed by atoms with Crippen LogP contribution in [0.15, 0.2) is 39.8 Å². The molecule has 1 unspecified atom stereocenters. The van der Waals surface area contributed by atoms with Crippen LogP contribution in [0.1, 0.15) is 49.4 Å². The van der Waals surface area contributed by atoms with E-state index in [4.69, 9.17) is 4.52 Å². The van der Waals surface area contributed by atoms with Gasteiger partial charge in [0.05, 0.1) is 16.7 Å². The molecule has 1 aromatic carbocycles. The molecule has 1 atom stereocenters. The maximum Gasteiger partial charge on any atom is 0.229 e. The van der Waals surface area contributed by atoms with Crippen molar-refractivity contribution in [2.75, 3.05) is 18.8 Å². The van der Waals surface area contributed by atoms with Crippen molar-refractivity contribution < 1.29 is 12.9 Å². The Morgan fingerprint density at radius 3 is 2.71 bits per heavy atom. The van der Waals surface area contributed by atoms with Crippen LogP contribution in [0.25, 0.3) is 0 Å². The standard InChI is InChI=1S/C17H21N3O3S/c21-24(22,14-5-2-1-3-6-14)12-11-20-10-4-7-15(20)16-18-17(23-19-16)13-8-9-13/h1-3,5-6,13,15H,4,7-12H2. The van der Waals surface area contributed by atoms with Crippen LogP contribution in [0.5, 0.6) is 0 Å². The maximum atomic E-state index is 12.5. The second kappa shape index (κ2) is 6.29. The van der Waals surface area contributed by atoms with Gasteiger partial charge in [-0.1, -0.05) is 23.4 Å². The number of likely N-dealkylation sites (tertiary alicyclic amines) is 1. The minimum absolute atomic E-state index is 0.0761. The van der Waals surface area contributed by atoms with E-state index in [1.54, 1.807) is 24.3 Å². The highest BCUT2D eigenvalue weighted by atomic mass is 32.2. The summed E-state index contributed by atoms with van der Waals surface area (Å²) in [5.41, 5.74) is 0. The van der Waals surface area contributed by atoms with Gasteiger partial charge in [0.25, 0.3) is 0 Å². The number of nitrogens with zero attached hydrogens (tertiary/aromatic N) is 3. The van der Waals surface area contributed by atoms with Crippen LogP contribution in [0.3, 0.4) is 0 Å². The molecule has 2 heterocycles. The molecule has 0 amide bonds. The Bertz CT molecular complexity index is 799. The zero-order valence-electron chi connectivity index (χ0n) is 13.5. The Morgan fingerprint density at radius 2 is 1.96 bits per heavy atom. The predicted octanol–water partition coefficient (Wildman–Crippen LogP) is 2.56. The third-order valence-corrected chi connectivity index (χ3v) is 6.51. The first-order valence-electron chi connectivity index (χ1n) is 8.49.